The number of hydrogen-bond donors (Lipinski definition) is 1. The molecule has 0 heterocycles. The maximum absolute atomic E-state index is 10.1. The zero-order valence-corrected chi connectivity index (χ0v) is 10.6. The Bertz CT molecular complexity index is 364. The van der Waals surface area contributed by atoms with Crippen LogP contribution in [0.2, 0.25) is 0 Å². The van der Waals surface area contributed by atoms with E-state index in [4.69, 9.17) is 0 Å². The Morgan fingerprint density at radius 3 is 1.60 bits per heavy atom. The minimum atomic E-state index is 0.525. The molecule has 1 N–H and O–H groups in total. The van der Waals surface area contributed by atoms with Gasteiger partial charge in [0.05, 0.1) is 0 Å². The van der Waals surface area contributed by atoms with Crippen LogP contribution < -0.4 is 0 Å². The SMILES string of the molecule is CCc1c(C)c(O)c(CC)c(CC)c1C. The van der Waals surface area contributed by atoms with E-state index in [1.165, 1.54) is 16.7 Å². The van der Waals surface area contributed by atoms with Crippen LogP contribution >= 0.6 is 0 Å². The van der Waals surface area contributed by atoms with E-state index in [-0.39, 0.29) is 0 Å². The lowest BCUT2D eigenvalue weighted by Gasteiger charge is -2.19. The normalized spacial score (nSPS) is 10.7. The van der Waals surface area contributed by atoms with Gasteiger partial charge in [-0.15, -0.1) is 0 Å². The Hall–Kier alpha value is -0.980. The van der Waals surface area contributed by atoms with Gasteiger partial charge in [0.15, 0.2) is 0 Å². The first-order chi connectivity index (χ1) is 7.08. The molecule has 0 aliphatic heterocycles. The van der Waals surface area contributed by atoms with Crippen molar-refractivity contribution in [2.45, 2.75) is 53.9 Å². The quantitative estimate of drug-likeness (QED) is 0.799. The second kappa shape index (κ2) is 4.69. The van der Waals surface area contributed by atoms with Gasteiger partial charge in [-0.05, 0) is 60.9 Å². The highest BCUT2D eigenvalue weighted by Crippen LogP contribution is 2.33. The molecule has 1 rings (SSSR count). The Balaban J connectivity index is 3.57. The molecule has 0 aromatic heterocycles. The van der Waals surface area contributed by atoms with Crippen molar-refractivity contribution in [1.29, 1.82) is 0 Å². The summed E-state index contributed by atoms with van der Waals surface area (Å²) in [5.74, 6) is 0.525. The van der Waals surface area contributed by atoms with Crippen molar-refractivity contribution in [3.63, 3.8) is 0 Å². The lowest BCUT2D eigenvalue weighted by Crippen LogP contribution is -2.03. The molecule has 15 heavy (non-hydrogen) atoms. The average molecular weight is 206 g/mol. The third kappa shape index (κ3) is 1.88. The van der Waals surface area contributed by atoms with Crippen LogP contribution in [0.5, 0.6) is 5.75 Å². The molecule has 0 fully saturated rings. The number of phenolic OH excluding ortho intramolecular Hbond substituents is 1. The fourth-order valence-corrected chi connectivity index (χ4v) is 2.59. The molecule has 0 aliphatic carbocycles. The first-order valence-electron chi connectivity index (χ1n) is 5.91. The molecule has 1 aromatic carbocycles. The van der Waals surface area contributed by atoms with Crippen molar-refractivity contribution in [3.05, 3.63) is 27.8 Å². The van der Waals surface area contributed by atoms with Crippen LogP contribution in [-0.4, -0.2) is 5.11 Å². The standard InChI is InChI=1S/C14H22O/c1-6-11-9(4)12(7-2)13(8-3)14(15)10(11)5/h15H,6-8H2,1-5H3. The molecule has 0 spiro atoms. The van der Waals surface area contributed by atoms with Crippen LogP contribution in [0.3, 0.4) is 0 Å². The number of aromatic hydroxyl groups is 1. The first kappa shape index (κ1) is 12.1. The van der Waals surface area contributed by atoms with Gasteiger partial charge in [-0.3, -0.25) is 0 Å². The third-order valence-electron chi connectivity index (χ3n) is 3.42. The zero-order valence-electron chi connectivity index (χ0n) is 10.6. The second-order valence-corrected chi connectivity index (χ2v) is 4.09. The van der Waals surface area contributed by atoms with E-state index in [2.05, 4.69) is 27.7 Å². The summed E-state index contributed by atoms with van der Waals surface area (Å²) in [5.41, 5.74) is 6.26. The summed E-state index contributed by atoms with van der Waals surface area (Å²) in [6, 6.07) is 0. The minimum absolute atomic E-state index is 0.525. The molecule has 0 aliphatic rings. The first-order valence-corrected chi connectivity index (χ1v) is 5.91. The van der Waals surface area contributed by atoms with E-state index in [0.29, 0.717) is 5.75 Å². The summed E-state index contributed by atoms with van der Waals surface area (Å²) in [5, 5.41) is 10.1. The zero-order chi connectivity index (χ0) is 11.6. The van der Waals surface area contributed by atoms with Crippen LogP contribution in [0, 0.1) is 13.8 Å². The van der Waals surface area contributed by atoms with E-state index in [9.17, 15) is 5.11 Å². The average Bonchev–Trinajstić information content (AvgIpc) is 2.23. The van der Waals surface area contributed by atoms with Crippen LogP contribution in [-0.2, 0) is 19.3 Å². The van der Waals surface area contributed by atoms with E-state index >= 15 is 0 Å². The lowest BCUT2D eigenvalue weighted by atomic mass is 9.88. The van der Waals surface area contributed by atoms with Crippen molar-refractivity contribution in [2.75, 3.05) is 0 Å². The molecule has 1 heteroatoms. The van der Waals surface area contributed by atoms with Gasteiger partial charge < -0.3 is 5.11 Å². The van der Waals surface area contributed by atoms with Crippen molar-refractivity contribution in [1.82, 2.24) is 0 Å². The topological polar surface area (TPSA) is 20.2 Å². The molecule has 1 aromatic rings. The highest BCUT2D eigenvalue weighted by Gasteiger charge is 2.15. The van der Waals surface area contributed by atoms with Gasteiger partial charge in [-0.2, -0.15) is 0 Å². The summed E-state index contributed by atoms with van der Waals surface area (Å²) in [6.45, 7) is 10.6. The molecule has 0 radical (unpaired) electrons. The van der Waals surface area contributed by atoms with Gasteiger partial charge in [-0.25, -0.2) is 0 Å². The largest absolute Gasteiger partial charge is 0.507 e. The Morgan fingerprint density at radius 1 is 0.733 bits per heavy atom. The van der Waals surface area contributed by atoms with E-state index in [1.54, 1.807) is 0 Å². The van der Waals surface area contributed by atoms with Crippen LogP contribution in [0.25, 0.3) is 0 Å². The van der Waals surface area contributed by atoms with Gasteiger partial charge in [0.1, 0.15) is 5.75 Å². The number of rotatable bonds is 3. The van der Waals surface area contributed by atoms with Crippen molar-refractivity contribution in [2.24, 2.45) is 0 Å². The van der Waals surface area contributed by atoms with Crippen LogP contribution in [0.15, 0.2) is 0 Å². The monoisotopic (exact) mass is 206 g/mol. The molecule has 0 saturated heterocycles. The van der Waals surface area contributed by atoms with Crippen LogP contribution in [0.4, 0.5) is 0 Å². The summed E-state index contributed by atoms with van der Waals surface area (Å²) in [6.07, 6.45) is 2.93. The predicted molar refractivity (Wildman–Crippen MR) is 65.7 cm³/mol. The van der Waals surface area contributed by atoms with Gasteiger partial charge in [-0.1, -0.05) is 20.8 Å². The summed E-state index contributed by atoms with van der Waals surface area (Å²) in [4.78, 5) is 0. The summed E-state index contributed by atoms with van der Waals surface area (Å²) < 4.78 is 0. The summed E-state index contributed by atoms with van der Waals surface area (Å²) >= 11 is 0. The van der Waals surface area contributed by atoms with Crippen molar-refractivity contribution < 1.29 is 5.11 Å². The Kier molecular flexibility index (Phi) is 3.78. The Labute approximate surface area is 93.1 Å². The van der Waals surface area contributed by atoms with E-state index < -0.39 is 0 Å². The minimum Gasteiger partial charge on any atom is -0.507 e. The molecule has 1 nitrogen and oxygen atoms in total. The number of benzene rings is 1. The molecule has 0 saturated carbocycles. The molecule has 0 atom stereocenters. The van der Waals surface area contributed by atoms with Gasteiger partial charge >= 0.3 is 0 Å². The molecular formula is C14H22O. The molecule has 0 unspecified atom stereocenters. The molecular weight excluding hydrogens is 184 g/mol. The predicted octanol–water partition coefficient (Wildman–Crippen LogP) is 3.70. The fraction of sp³-hybridized carbons (Fsp3) is 0.571. The smallest absolute Gasteiger partial charge is 0.122 e. The molecule has 0 bridgehead atoms. The maximum atomic E-state index is 10.1. The molecule has 84 valence electrons. The highest BCUT2D eigenvalue weighted by molar-refractivity contribution is 5.54. The van der Waals surface area contributed by atoms with Gasteiger partial charge in [0.25, 0.3) is 0 Å². The number of phenols is 1. The number of hydrogen-bond acceptors (Lipinski definition) is 1. The van der Waals surface area contributed by atoms with Gasteiger partial charge in [0.2, 0.25) is 0 Å². The fourth-order valence-electron chi connectivity index (χ4n) is 2.59. The molecule has 0 amide bonds. The van der Waals surface area contributed by atoms with Crippen molar-refractivity contribution in [3.8, 4) is 5.75 Å². The third-order valence-corrected chi connectivity index (χ3v) is 3.42. The van der Waals surface area contributed by atoms with Gasteiger partial charge in [0, 0.05) is 0 Å². The maximum Gasteiger partial charge on any atom is 0.122 e. The van der Waals surface area contributed by atoms with E-state index in [0.717, 1.165) is 30.4 Å². The van der Waals surface area contributed by atoms with E-state index in [1.807, 2.05) is 6.92 Å². The lowest BCUT2D eigenvalue weighted by molar-refractivity contribution is 0.462. The van der Waals surface area contributed by atoms with Crippen LogP contribution in [0.1, 0.15) is 48.6 Å². The highest BCUT2D eigenvalue weighted by atomic mass is 16.3. The van der Waals surface area contributed by atoms with Crippen molar-refractivity contribution >= 4 is 0 Å². The second-order valence-electron chi connectivity index (χ2n) is 4.09. The Morgan fingerprint density at radius 2 is 1.20 bits per heavy atom. The summed E-state index contributed by atoms with van der Waals surface area (Å²) in [7, 11) is 0.